The van der Waals surface area contributed by atoms with Gasteiger partial charge in [-0.3, -0.25) is 19.3 Å². The highest BCUT2D eigenvalue weighted by Gasteiger charge is 2.23. The maximum absolute atomic E-state index is 12.1. The van der Waals surface area contributed by atoms with Gasteiger partial charge >= 0.3 is 0 Å². The van der Waals surface area contributed by atoms with E-state index in [-0.39, 0.29) is 30.6 Å². The van der Waals surface area contributed by atoms with Gasteiger partial charge in [-0.1, -0.05) is 85.5 Å². The topological polar surface area (TPSA) is 63.7 Å². The third-order valence-corrected chi connectivity index (χ3v) is 7.62. The highest BCUT2D eigenvalue weighted by molar-refractivity contribution is 6.13. The standard InChI is InChI=1S/C30H53NO4/c1-5-12-25(7-3)14-11-15-27(18-17-26(8-4)13-6-2)24-35-23-10-9-16-28(32)21-22-31-29(33)19-20-30(31)34/h19-20,25-27H,5-18,21-24H2,1-4H3. The van der Waals surface area contributed by atoms with Gasteiger partial charge in [-0.25, -0.2) is 0 Å². The zero-order valence-electron chi connectivity index (χ0n) is 23.2. The average Bonchev–Trinajstić information content (AvgIpc) is 3.17. The third-order valence-electron chi connectivity index (χ3n) is 7.62. The quantitative estimate of drug-likeness (QED) is 0.111. The first-order valence-corrected chi connectivity index (χ1v) is 14.6. The van der Waals surface area contributed by atoms with Gasteiger partial charge < -0.3 is 4.74 Å². The fourth-order valence-corrected chi connectivity index (χ4v) is 5.19. The molecule has 5 nitrogen and oxygen atoms in total. The van der Waals surface area contributed by atoms with Crippen LogP contribution < -0.4 is 0 Å². The van der Waals surface area contributed by atoms with E-state index in [0.29, 0.717) is 18.9 Å². The maximum Gasteiger partial charge on any atom is 0.253 e. The second kappa shape index (κ2) is 19.7. The van der Waals surface area contributed by atoms with E-state index in [9.17, 15) is 14.4 Å². The fraction of sp³-hybridized carbons (Fsp3) is 0.833. The number of hydrogen-bond acceptors (Lipinski definition) is 4. The second-order valence-corrected chi connectivity index (χ2v) is 10.5. The molecule has 0 N–H and O–H groups in total. The summed E-state index contributed by atoms with van der Waals surface area (Å²) in [5.41, 5.74) is 0. The van der Waals surface area contributed by atoms with Crippen LogP contribution in [-0.2, 0) is 19.1 Å². The van der Waals surface area contributed by atoms with E-state index in [1.165, 1.54) is 82.8 Å². The number of carbonyl (C=O) groups excluding carboxylic acids is 3. The molecule has 202 valence electrons. The van der Waals surface area contributed by atoms with E-state index >= 15 is 0 Å². The first kappa shape index (κ1) is 31.5. The lowest BCUT2D eigenvalue weighted by molar-refractivity contribution is -0.137. The van der Waals surface area contributed by atoms with Crippen LogP contribution in [0.2, 0.25) is 0 Å². The number of rotatable bonds is 23. The number of Topliss-reactive ketones (excluding diaryl/α,β-unsaturated/α-hetero) is 1. The summed E-state index contributed by atoms with van der Waals surface area (Å²) >= 11 is 0. The molecule has 1 aliphatic rings. The van der Waals surface area contributed by atoms with Gasteiger partial charge in [0.15, 0.2) is 0 Å². The predicted molar refractivity (Wildman–Crippen MR) is 144 cm³/mol. The highest BCUT2D eigenvalue weighted by atomic mass is 16.5. The van der Waals surface area contributed by atoms with E-state index in [0.717, 1.165) is 36.2 Å². The molecule has 5 heteroatoms. The normalized spacial score (nSPS) is 16.2. The van der Waals surface area contributed by atoms with Crippen molar-refractivity contribution in [2.75, 3.05) is 19.8 Å². The molecule has 1 heterocycles. The van der Waals surface area contributed by atoms with Gasteiger partial charge in [0.1, 0.15) is 5.78 Å². The lowest BCUT2D eigenvalue weighted by Gasteiger charge is -2.22. The molecule has 0 spiro atoms. The van der Waals surface area contributed by atoms with Crippen molar-refractivity contribution in [3.05, 3.63) is 12.2 Å². The summed E-state index contributed by atoms with van der Waals surface area (Å²) in [7, 11) is 0. The number of hydrogen-bond donors (Lipinski definition) is 0. The number of nitrogens with zero attached hydrogens (tertiary/aromatic N) is 1. The zero-order chi connectivity index (χ0) is 25.9. The van der Waals surface area contributed by atoms with Crippen molar-refractivity contribution in [3.63, 3.8) is 0 Å². The van der Waals surface area contributed by atoms with E-state index in [1.807, 2.05) is 0 Å². The van der Waals surface area contributed by atoms with E-state index < -0.39 is 0 Å². The fourth-order valence-electron chi connectivity index (χ4n) is 5.19. The zero-order valence-corrected chi connectivity index (χ0v) is 23.2. The molecule has 0 aromatic heterocycles. The molecule has 1 aliphatic heterocycles. The summed E-state index contributed by atoms with van der Waals surface area (Å²) in [4.78, 5) is 36.4. The van der Waals surface area contributed by atoms with Crippen LogP contribution in [0.15, 0.2) is 12.2 Å². The molecule has 0 radical (unpaired) electrons. The summed E-state index contributed by atoms with van der Waals surface area (Å²) in [5.74, 6) is 1.84. The Morgan fingerprint density at radius 3 is 1.91 bits per heavy atom. The first-order chi connectivity index (χ1) is 16.9. The number of carbonyl (C=O) groups is 3. The lowest BCUT2D eigenvalue weighted by Crippen LogP contribution is -2.32. The van der Waals surface area contributed by atoms with Gasteiger partial charge in [0.05, 0.1) is 0 Å². The largest absolute Gasteiger partial charge is 0.381 e. The minimum atomic E-state index is -0.318. The molecule has 1 rings (SSSR count). The minimum Gasteiger partial charge on any atom is -0.381 e. The molecule has 0 aromatic rings. The van der Waals surface area contributed by atoms with Gasteiger partial charge in [0.25, 0.3) is 11.8 Å². The number of ketones is 1. The number of unbranched alkanes of at least 4 members (excludes halogenated alkanes) is 1. The maximum atomic E-state index is 12.1. The lowest BCUT2D eigenvalue weighted by atomic mass is 9.87. The van der Waals surface area contributed by atoms with Crippen LogP contribution in [0.25, 0.3) is 0 Å². The van der Waals surface area contributed by atoms with E-state index in [4.69, 9.17) is 4.74 Å². The van der Waals surface area contributed by atoms with Gasteiger partial charge in [0, 0.05) is 44.8 Å². The average molecular weight is 492 g/mol. The summed E-state index contributed by atoms with van der Waals surface area (Å²) in [6, 6.07) is 0. The Kier molecular flexibility index (Phi) is 17.7. The molecule has 0 saturated carbocycles. The molecule has 0 aliphatic carbocycles. The summed E-state index contributed by atoms with van der Waals surface area (Å²) in [5, 5.41) is 0. The van der Waals surface area contributed by atoms with Crippen molar-refractivity contribution < 1.29 is 19.1 Å². The summed E-state index contributed by atoms with van der Waals surface area (Å²) < 4.78 is 6.09. The summed E-state index contributed by atoms with van der Waals surface area (Å²) in [6.07, 6.45) is 19.3. The van der Waals surface area contributed by atoms with E-state index in [2.05, 4.69) is 27.7 Å². The van der Waals surface area contributed by atoms with Gasteiger partial charge in [-0.05, 0) is 43.4 Å². The molecule has 0 aromatic carbocycles. The minimum absolute atomic E-state index is 0.106. The summed E-state index contributed by atoms with van der Waals surface area (Å²) in [6.45, 7) is 11.0. The van der Waals surface area contributed by atoms with Crippen LogP contribution in [0.1, 0.15) is 124 Å². The monoisotopic (exact) mass is 491 g/mol. The Morgan fingerprint density at radius 1 is 0.743 bits per heavy atom. The van der Waals surface area contributed by atoms with Gasteiger partial charge in [-0.15, -0.1) is 0 Å². The van der Waals surface area contributed by atoms with Crippen LogP contribution in [0, 0.1) is 17.8 Å². The third kappa shape index (κ3) is 14.0. The number of amides is 2. The molecule has 35 heavy (non-hydrogen) atoms. The molecule has 0 saturated heterocycles. The molecule has 3 atom stereocenters. The van der Waals surface area contributed by atoms with Crippen molar-refractivity contribution in [1.82, 2.24) is 4.90 Å². The molecular weight excluding hydrogens is 438 g/mol. The molecule has 2 amide bonds. The van der Waals surface area contributed by atoms with Crippen molar-refractivity contribution in [3.8, 4) is 0 Å². The van der Waals surface area contributed by atoms with Crippen molar-refractivity contribution in [2.24, 2.45) is 17.8 Å². The molecule has 0 bridgehead atoms. The highest BCUT2D eigenvalue weighted by Crippen LogP contribution is 2.26. The Hall–Kier alpha value is -1.49. The van der Waals surface area contributed by atoms with E-state index in [1.54, 1.807) is 0 Å². The molecule has 3 unspecified atom stereocenters. The van der Waals surface area contributed by atoms with Crippen LogP contribution in [-0.4, -0.2) is 42.3 Å². The number of imide groups is 1. The van der Waals surface area contributed by atoms with Crippen molar-refractivity contribution in [1.29, 1.82) is 0 Å². The van der Waals surface area contributed by atoms with Crippen LogP contribution in [0.4, 0.5) is 0 Å². The smallest absolute Gasteiger partial charge is 0.253 e. The Morgan fingerprint density at radius 2 is 1.31 bits per heavy atom. The Balaban J connectivity index is 2.28. The predicted octanol–water partition coefficient (Wildman–Crippen LogP) is 7.28. The number of ether oxygens (including phenoxy) is 1. The Bertz CT molecular complexity index is 612. The molecular formula is C30H53NO4. The van der Waals surface area contributed by atoms with Crippen molar-refractivity contribution in [2.45, 2.75) is 124 Å². The Labute approximate surface area is 215 Å². The van der Waals surface area contributed by atoms with Gasteiger partial charge in [-0.2, -0.15) is 0 Å². The SMILES string of the molecule is CCCC(CC)CCCC(CCC(CC)CCC)COCCCCC(=O)CCN1C(=O)C=CC1=O. The van der Waals surface area contributed by atoms with Crippen LogP contribution >= 0.6 is 0 Å². The first-order valence-electron chi connectivity index (χ1n) is 14.6. The molecule has 0 fully saturated rings. The van der Waals surface area contributed by atoms with Crippen LogP contribution in [0.3, 0.4) is 0 Å². The second-order valence-electron chi connectivity index (χ2n) is 10.5. The van der Waals surface area contributed by atoms with Crippen LogP contribution in [0.5, 0.6) is 0 Å². The van der Waals surface area contributed by atoms with Crippen molar-refractivity contribution >= 4 is 17.6 Å². The van der Waals surface area contributed by atoms with Gasteiger partial charge in [0.2, 0.25) is 0 Å².